The molecule has 1 amide bonds. The smallest absolute Gasteiger partial charge is 0.253 e. The number of rotatable bonds is 5. The van der Waals surface area contributed by atoms with Gasteiger partial charge in [-0.15, -0.1) is 0 Å². The number of carbonyl (C=O) groups excluding carboxylic acids is 1. The fraction of sp³-hybridized carbons (Fsp3) is 0.148. The second-order valence-electron chi connectivity index (χ2n) is 8.59. The lowest BCUT2D eigenvalue weighted by molar-refractivity contribution is 0.0946. The maximum Gasteiger partial charge on any atom is 0.253 e. The van der Waals surface area contributed by atoms with Crippen LogP contribution in [0.1, 0.15) is 27.2 Å². The number of benzene rings is 2. The van der Waals surface area contributed by atoms with Crippen LogP contribution in [-0.2, 0) is 22.8 Å². The van der Waals surface area contributed by atoms with E-state index in [1.807, 2.05) is 16.7 Å². The second kappa shape index (κ2) is 9.06. The SMILES string of the molecule is CS(=O)(=O)c1cccc(-c2c3c(n(Cc4ccc(F)cc4C#N)c2-c2ccncc2)CCNC3=O)c1. The van der Waals surface area contributed by atoms with E-state index in [0.717, 1.165) is 17.5 Å². The Bertz CT molecular complexity index is 1650. The molecule has 180 valence electrons. The molecule has 36 heavy (non-hydrogen) atoms. The molecule has 0 fully saturated rings. The number of pyridine rings is 1. The molecule has 1 aliphatic heterocycles. The highest BCUT2D eigenvalue weighted by Gasteiger charge is 2.31. The first-order valence-electron chi connectivity index (χ1n) is 11.2. The molecule has 2 aromatic carbocycles. The molecule has 0 bridgehead atoms. The van der Waals surface area contributed by atoms with Crippen LogP contribution in [0.25, 0.3) is 22.4 Å². The molecule has 0 radical (unpaired) electrons. The van der Waals surface area contributed by atoms with Gasteiger partial charge in [-0.3, -0.25) is 9.78 Å². The molecule has 2 aromatic heterocycles. The van der Waals surface area contributed by atoms with E-state index >= 15 is 0 Å². The summed E-state index contributed by atoms with van der Waals surface area (Å²) >= 11 is 0. The lowest BCUT2D eigenvalue weighted by atomic mass is 9.95. The summed E-state index contributed by atoms with van der Waals surface area (Å²) in [5.74, 6) is -0.762. The van der Waals surface area contributed by atoms with Crippen molar-refractivity contribution in [2.45, 2.75) is 17.9 Å². The van der Waals surface area contributed by atoms with Crippen LogP contribution in [0.15, 0.2) is 71.9 Å². The van der Waals surface area contributed by atoms with Gasteiger partial charge in [0.1, 0.15) is 5.82 Å². The Kier molecular flexibility index (Phi) is 5.90. The Balaban J connectivity index is 1.85. The summed E-state index contributed by atoms with van der Waals surface area (Å²) < 4.78 is 40.4. The van der Waals surface area contributed by atoms with E-state index in [9.17, 15) is 22.9 Å². The van der Waals surface area contributed by atoms with E-state index in [0.29, 0.717) is 40.9 Å². The Hall–Kier alpha value is -4.29. The van der Waals surface area contributed by atoms with Crippen LogP contribution in [0, 0.1) is 17.1 Å². The lowest BCUT2D eigenvalue weighted by Crippen LogP contribution is -2.32. The van der Waals surface area contributed by atoms with Gasteiger partial charge >= 0.3 is 0 Å². The molecule has 0 spiro atoms. The Morgan fingerprint density at radius 2 is 1.86 bits per heavy atom. The van der Waals surface area contributed by atoms with E-state index in [1.165, 1.54) is 18.2 Å². The van der Waals surface area contributed by atoms with Crippen molar-refractivity contribution in [3.63, 3.8) is 0 Å². The first kappa shape index (κ1) is 23.5. The van der Waals surface area contributed by atoms with Crippen LogP contribution in [-0.4, -0.2) is 36.7 Å². The van der Waals surface area contributed by atoms with Gasteiger partial charge in [-0.05, 0) is 47.5 Å². The van der Waals surface area contributed by atoms with Gasteiger partial charge in [0, 0.05) is 55.0 Å². The zero-order valence-corrected chi connectivity index (χ0v) is 20.1. The van der Waals surface area contributed by atoms with Crippen LogP contribution in [0.5, 0.6) is 0 Å². The predicted octanol–water partition coefficient (Wildman–Crippen LogP) is 3.97. The minimum atomic E-state index is -3.49. The van der Waals surface area contributed by atoms with Crippen molar-refractivity contribution in [1.82, 2.24) is 14.9 Å². The van der Waals surface area contributed by atoms with E-state index in [4.69, 9.17) is 0 Å². The Labute approximate surface area is 207 Å². The number of sulfone groups is 1. The average Bonchev–Trinajstić information content (AvgIpc) is 3.20. The molecule has 0 saturated carbocycles. The molecular formula is C27H21FN4O3S. The number of amides is 1. The van der Waals surface area contributed by atoms with Crippen LogP contribution >= 0.6 is 0 Å². The molecule has 3 heterocycles. The normalized spacial score (nSPS) is 13.1. The number of nitrogens with one attached hydrogen (secondary N) is 1. The van der Waals surface area contributed by atoms with Crippen LogP contribution < -0.4 is 5.32 Å². The fourth-order valence-corrected chi connectivity index (χ4v) is 5.33. The van der Waals surface area contributed by atoms with Gasteiger partial charge in [0.15, 0.2) is 9.84 Å². The van der Waals surface area contributed by atoms with E-state index in [-0.39, 0.29) is 22.9 Å². The minimum Gasteiger partial charge on any atom is -0.352 e. The summed E-state index contributed by atoms with van der Waals surface area (Å²) in [6.45, 7) is 0.658. The van der Waals surface area contributed by atoms with Gasteiger partial charge < -0.3 is 9.88 Å². The maximum absolute atomic E-state index is 13.8. The third kappa shape index (κ3) is 4.16. The first-order chi connectivity index (χ1) is 17.3. The fourth-order valence-electron chi connectivity index (χ4n) is 4.66. The van der Waals surface area contributed by atoms with Crippen molar-refractivity contribution in [3.8, 4) is 28.5 Å². The van der Waals surface area contributed by atoms with Gasteiger partial charge in [-0.1, -0.05) is 18.2 Å². The van der Waals surface area contributed by atoms with Crippen molar-refractivity contribution in [1.29, 1.82) is 5.26 Å². The van der Waals surface area contributed by atoms with Gasteiger partial charge in [0.2, 0.25) is 0 Å². The number of aromatic nitrogens is 2. The van der Waals surface area contributed by atoms with E-state index in [1.54, 1.807) is 36.7 Å². The summed E-state index contributed by atoms with van der Waals surface area (Å²) in [6, 6.07) is 16.3. The molecule has 7 nitrogen and oxygen atoms in total. The van der Waals surface area contributed by atoms with Crippen molar-refractivity contribution >= 4 is 15.7 Å². The summed E-state index contributed by atoms with van der Waals surface area (Å²) in [6.07, 6.45) is 4.96. The highest BCUT2D eigenvalue weighted by atomic mass is 32.2. The molecule has 0 aliphatic carbocycles. The number of hydrogen-bond acceptors (Lipinski definition) is 5. The number of nitrogens with zero attached hydrogens (tertiary/aromatic N) is 3. The zero-order chi connectivity index (χ0) is 25.4. The van der Waals surface area contributed by atoms with Gasteiger partial charge in [-0.2, -0.15) is 5.26 Å². The van der Waals surface area contributed by atoms with Crippen LogP contribution in [0.4, 0.5) is 4.39 Å². The van der Waals surface area contributed by atoms with Gasteiger partial charge in [0.05, 0.1) is 27.8 Å². The molecule has 1 N–H and O–H groups in total. The molecule has 4 aromatic rings. The number of fused-ring (bicyclic) bond motifs is 1. The summed E-state index contributed by atoms with van der Waals surface area (Å²) in [5, 5.41) is 12.5. The molecule has 0 unspecified atom stereocenters. The quantitative estimate of drug-likeness (QED) is 0.447. The van der Waals surface area contributed by atoms with E-state index < -0.39 is 15.7 Å². The Morgan fingerprint density at radius 3 is 2.58 bits per heavy atom. The molecular weight excluding hydrogens is 479 g/mol. The highest BCUT2D eigenvalue weighted by molar-refractivity contribution is 7.90. The minimum absolute atomic E-state index is 0.142. The standard InChI is InChI=1S/C27H21FN4O3S/c1-36(34,35)22-4-2-3-18(14-22)24-25-23(9-12-31-27(25)33)32(26(24)17-7-10-30-11-8-17)16-19-5-6-21(28)13-20(19)15-29/h2-8,10-11,13-14H,9,12,16H2,1H3,(H,31,33). The molecule has 5 rings (SSSR count). The zero-order valence-electron chi connectivity index (χ0n) is 19.3. The molecule has 9 heteroatoms. The average molecular weight is 501 g/mol. The lowest BCUT2D eigenvalue weighted by Gasteiger charge is -2.18. The highest BCUT2D eigenvalue weighted by Crippen LogP contribution is 2.41. The summed E-state index contributed by atoms with van der Waals surface area (Å²) in [4.78, 5) is 17.5. The third-order valence-corrected chi connectivity index (χ3v) is 7.38. The first-order valence-corrected chi connectivity index (χ1v) is 13.1. The molecule has 0 atom stereocenters. The van der Waals surface area contributed by atoms with Gasteiger partial charge in [-0.25, -0.2) is 12.8 Å². The van der Waals surface area contributed by atoms with Crippen molar-refractivity contribution < 1.29 is 17.6 Å². The maximum atomic E-state index is 13.8. The largest absolute Gasteiger partial charge is 0.352 e. The number of halogens is 1. The summed E-state index contributed by atoms with van der Waals surface area (Å²) in [5.41, 5.74) is 4.67. The van der Waals surface area contributed by atoms with E-state index in [2.05, 4.69) is 16.4 Å². The van der Waals surface area contributed by atoms with Crippen molar-refractivity contribution in [2.24, 2.45) is 0 Å². The van der Waals surface area contributed by atoms with Crippen LogP contribution in [0.3, 0.4) is 0 Å². The number of carbonyl (C=O) groups is 1. The Morgan fingerprint density at radius 1 is 1.08 bits per heavy atom. The predicted molar refractivity (Wildman–Crippen MR) is 132 cm³/mol. The third-order valence-electron chi connectivity index (χ3n) is 6.27. The van der Waals surface area contributed by atoms with Crippen molar-refractivity contribution in [2.75, 3.05) is 12.8 Å². The molecule has 1 aliphatic rings. The number of nitriles is 1. The molecule has 0 saturated heterocycles. The van der Waals surface area contributed by atoms with Crippen molar-refractivity contribution in [3.05, 3.63) is 95.2 Å². The number of hydrogen-bond donors (Lipinski definition) is 1. The summed E-state index contributed by atoms with van der Waals surface area (Å²) in [7, 11) is -3.49. The second-order valence-corrected chi connectivity index (χ2v) is 10.6. The topological polar surface area (TPSA) is 105 Å². The van der Waals surface area contributed by atoms with Gasteiger partial charge in [0.25, 0.3) is 5.91 Å². The monoisotopic (exact) mass is 500 g/mol. The van der Waals surface area contributed by atoms with Crippen LogP contribution in [0.2, 0.25) is 0 Å².